The van der Waals surface area contributed by atoms with Crippen molar-refractivity contribution >= 4 is 35.8 Å². The quantitative estimate of drug-likeness (QED) is 0.743. The monoisotopic (exact) mass is 426 g/mol. The minimum absolute atomic E-state index is 0.216. The van der Waals surface area contributed by atoms with E-state index in [2.05, 4.69) is 10.3 Å². The van der Waals surface area contributed by atoms with Crippen LogP contribution in [0.15, 0.2) is 36.7 Å². The Hall–Kier alpha value is -2.10. The number of aromatic nitrogens is 1. The first-order chi connectivity index (χ1) is 13.3. The molecule has 0 aliphatic carbocycles. The second-order valence-corrected chi connectivity index (χ2v) is 8.15. The van der Waals surface area contributed by atoms with E-state index in [1.165, 1.54) is 6.07 Å². The van der Waals surface area contributed by atoms with Gasteiger partial charge in [-0.25, -0.2) is 0 Å². The van der Waals surface area contributed by atoms with Crippen LogP contribution in [0.2, 0.25) is 5.02 Å². The SMILES string of the molecule is CC1(C)OB(c2cc(NC(=O)c3cncc(C(F)(F)F)c3)ccc2Cl)OC1(C)C. The molecule has 1 amide bonds. The zero-order chi connectivity index (χ0) is 21.6. The number of halogens is 4. The van der Waals surface area contributed by atoms with Gasteiger partial charge < -0.3 is 14.6 Å². The van der Waals surface area contributed by atoms with Crippen molar-refractivity contribution in [3.8, 4) is 0 Å². The molecule has 1 aromatic carbocycles. The predicted molar refractivity (Wildman–Crippen MR) is 104 cm³/mol. The Kier molecular flexibility index (Phi) is 5.44. The molecule has 1 aromatic heterocycles. The molecule has 1 aliphatic rings. The van der Waals surface area contributed by atoms with Crippen LogP contribution in [0.4, 0.5) is 18.9 Å². The Morgan fingerprint density at radius 1 is 1.10 bits per heavy atom. The van der Waals surface area contributed by atoms with Gasteiger partial charge in [0.15, 0.2) is 0 Å². The van der Waals surface area contributed by atoms with Crippen LogP contribution in [0.3, 0.4) is 0 Å². The lowest BCUT2D eigenvalue weighted by atomic mass is 9.79. The predicted octanol–water partition coefficient (Wildman–Crippen LogP) is 4.31. The molecule has 0 radical (unpaired) electrons. The van der Waals surface area contributed by atoms with Gasteiger partial charge in [0.25, 0.3) is 5.91 Å². The van der Waals surface area contributed by atoms with E-state index in [9.17, 15) is 18.0 Å². The third-order valence-corrected chi connectivity index (χ3v) is 5.43. The van der Waals surface area contributed by atoms with Crippen molar-refractivity contribution < 1.29 is 27.3 Å². The van der Waals surface area contributed by atoms with Gasteiger partial charge in [0, 0.05) is 28.6 Å². The number of carbonyl (C=O) groups is 1. The van der Waals surface area contributed by atoms with E-state index in [4.69, 9.17) is 20.9 Å². The fourth-order valence-corrected chi connectivity index (χ4v) is 2.90. The highest BCUT2D eigenvalue weighted by Crippen LogP contribution is 2.37. The number of alkyl halides is 3. The summed E-state index contributed by atoms with van der Waals surface area (Å²) < 4.78 is 50.5. The lowest BCUT2D eigenvalue weighted by Crippen LogP contribution is -2.41. The Morgan fingerprint density at radius 2 is 1.72 bits per heavy atom. The van der Waals surface area contributed by atoms with Gasteiger partial charge in [-0.1, -0.05) is 11.6 Å². The number of hydrogen-bond donors (Lipinski definition) is 1. The molecule has 0 unspecified atom stereocenters. The molecule has 1 fully saturated rings. The van der Waals surface area contributed by atoms with Crippen molar-refractivity contribution in [2.24, 2.45) is 0 Å². The maximum absolute atomic E-state index is 12.8. The second kappa shape index (κ2) is 7.30. The van der Waals surface area contributed by atoms with Crippen LogP contribution in [0.1, 0.15) is 43.6 Å². The molecule has 1 N–H and O–H groups in total. The third-order valence-electron chi connectivity index (χ3n) is 5.09. The standard InChI is InChI=1S/C19H19BClF3N2O3/c1-17(2)18(3,4)29-20(28-17)14-8-13(5-6-15(14)21)26-16(27)11-7-12(10-25-9-11)19(22,23)24/h5-10H,1-4H3,(H,26,27). The van der Waals surface area contributed by atoms with E-state index >= 15 is 0 Å². The lowest BCUT2D eigenvalue weighted by molar-refractivity contribution is -0.137. The summed E-state index contributed by atoms with van der Waals surface area (Å²) in [7, 11) is -0.750. The van der Waals surface area contributed by atoms with Gasteiger partial charge in [0.1, 0.15) is 0 Å². The van der Waals surface area contributed by atoms with Crippen LogP contribution < -0.4 is 10.8 Å². The summed E-state index contributed by atoms with van der Waals surface area (Å²) in [6.07, 6.45) is -2.86. The van der Waals surface area contributed by atoms with E-state index in [0.717, 1.165) is 12.3 Å². The molecule has 1 saturated heterocycles. The van der Waals surface area contributed by atoms with Crippen molar-refractivity contribution in [2.45, 2.75) is 45.1 Å². The van der Waals surface area contributed by atoms with Gasteiger partial charge >= 0.3 is 13.3 Å². The van der Waals surface area contributed by atoms with Crippen LogP contribution >= 0.6 is 11.6 Å². The highest BCUT2D eigenvalue weighted by atomic mass is 35.5. The highest BCUT2D eigenvalue weighted by Gasteiger charge is 2.52. The van der Waals surface area contributed by atoms with E-state index in [1.807, 2.05) is 27.7 Å². The number of anilines is 1. The maximum atomic E-state index is 12.8. The molecule has 29 heavy (non-hydrogen) atoms. The molecule has 1 aliphatic heterocycles. The summed E-state index contributed by atoms with van der Waals surface area (Å²) in [5, 5.41) is 2.93. The van der Waals surface area contributed by atoms with E-state index < -0.39 is 36.0 Å². The molecule has 154 valence electrons. The van der Waals surface area contributed by atoms with Gasteiger partial charge in [-0.05, 0) is 52.0 Å². The fourth-order valence-electron chi connectivity index (χ4n) is 2.69. The highest BCUT2D eigenvalue weighted by molar-refractivity contribution is 6.65. The minimum Gasteiger partial charge on any atom is -0.399 e. The Bertz CT molecular complexity index is 935. The smallest absolute Gasteiger partial charge is 0.399 e. The lowest BCUT2D eigenvalue weighted by Gasteiger charge is -2.32. The molecular formula is C19H19BClF3N2O3. The second-order valence-electron chi connectivity index (χ2n) is 7.74. The van der Waals surface area contributed by atoms with E-state index in [0.29, 0.717) is 22.4 Å². The summed E-state index contributed by atoms with van der Waals surface area (Å²) in [6, 6.07) is 5.41. The van der Waals surface area contributed by atoms with Crippen LogP contribution in [0.5, 0.6) is 0 Å². The van der Waals surface area contributed by atoms with E-state index in [1.54, 1.807) is 12.1 Å². The maximum Gasteiger partial charge on any atom is 0.496 e. The van der Waals surface area contributed by atoms with Gasteiger partial charge in [0.2, 0.25) is 0 Å². The molecule has 2 heterocycles. The molecule has 0 saturated carbocycles. The van der Waals surface area contributed by atoms with Crippen LogP contribution in [0, 0.1) is 0 Å². The normalized spacial score (nSPS) is 18.0. The Labute approximate surface area is 171 Å². The van der Waals surface area contributed by atoms with Gasteiger partial charge in [-0.2, -0.15) is 13.2 Å². The third kappa shape index (κ3) is 4.41. The minimum atomic E-state index is -4.59. The topological polar surface area (TPSA) is 60.5 Å². The summed E-state index contributed by atoms with van der Waals surface area (Å²) in [4.78, 5) is 15.9. The molecule has 10 heteroatoms. The molecule has 0 spiro atoms. The zero-order valence-corrected chi connectivity index (χ0v) is 17.0. The molecule has 5 nitrogen and oxygen atoms in total. The first-order valence-electron chi connectivity index (χ1n) is 8.79. The van der Waals surface area contributed by atoms with Crippen LogP contribution in [-0.4, -0.2) is 29.2 Å². The average Bonchev–Trinajstić information content (AvgIpc) is 2.83. The fraction of sp³-hybridized carbons (Fsp3) is 0.368. The molecule has 3 rings (SSSR count). The largest absolute Gasteiger partial charge is 0.496 e. The number of carbonyl (C=O) groups excluding carboxylic acids is 1. The first-order valence-corrected chi connectivity index (χ1v) is 9.17. The van der Waals surface area contributed by atoms with E-state index in [-0.39, 0.29) is 5.56 Å². The van der Waals surface area contributed by atoms with Crippen molar-refractivity contribution in [1.29, 1.82) is 0 Å². The Morgan fingerprint density at radius 3 is 2.31 bits per heavy atom. The number of nitrogens with zero attached hydrogens (tertiary/aromatic N) is 1. The number of nitrogens with one attached hydrogen (secondary N) is 1. The number of amides is 1. The summed E-state index contributed by atoms with van der Waals surface area (Å²) in [5.74, 6) is -0.731. The number of hydrogen-bond acceptors (Lipinski definition) is 4. The van der Waals surface area contributed by atoms with Crippen molar-refractivity contribution in [3.05, 3.63) is 52.8 Å². The molecule has 2 aromatic rings. The van der Waals surface area contributed by atoms with Gasteiger partial charge in [-0.15, -0.1) is 0 Å². The van der Waals surface area contributed by atoms with Crippen molar-refractivity contribution in [1.82, 2.24) is 4.98 Å². The summed E-state index contributed by atoms with van der Waals surface area (Å²) in [5.41, 5.74) is -1.54. The van der Waals surface area contributed by atoms with Gasteiger partial charge in [-0.3, -0.25) is 9.78 Å². The van der Waals surface area contributed by atoms with Crippen LogP contribution in [-0.2, 0) is 15.5 Å². The summed E-state index contributed by atoms with van der Waals surface area (Å²) in [6.45, 7) is 7.58. The molecule has 0 atom stereocenters. The Balaban J connectivity index is 1.83. The van der Waals surface area contributed by atoms with Crippen LogP contribution in [0.25, 0.3) is 0 Å². The number of benzene rings is 1. The van der Waals surface area contributed by atoms with Crippen molar-refractivity contribution in [3.63, 3.8) is 0 Å². The number of pyridine rings is 1. The zero-order valence-electron chi connectivity index (χ0n) is 16.2. The average molecular weight is 427 g/mol. The summed E-state index contributed by atoms with van der Waals surface area (Å²) >= 11 is 6.28. The van der Waals surface area contributed by atoms with Crippen molar-refractivity contribution in [2.75, 3.05) is 5.32 Å². The molecular weight excluding hydrogens is 407 g/mol. The first kappa shape index (κ1) is 21.6. The number of rotatable bonds is 3. The molecule has 0 bridgehead atoms. The van der Waals surface area contributed by atoms with Gasteiger partial charge in [0.05, 0.1) is 22.3 Å².